The van der Waals surface area contributed by atoms with Gasteiger partial charge in [-0.25, -0.2) is 5.43 Å². The van der Waals surface area contributed by atoms with Gasteiger partial charge in [-0.15, -0.1) is 0 Å². The molecule has 0 aliphatic carbocycles. The fourth-order valence-electron chi connectivity index (χ4n) is 2.14. The topological polar surface area (TPSA) is 59.9 Å². The number of carbonyl (C=O) groups excluding carboxylic acids is 1. The summed E-state index contributed by atoms with van der Waals surface area (Å²) in [5, 5.41) is 3.95. The highest BCUT2D eigenvalue weighted by Gasteiger charge is 2.06. The van der Waals surface area contributed by atoms with E-state index >= 15 is 0 Å². The van der Waals surface area contributed by atoms with E-state index in [1.54, 1.807) is 13.3 Å². The highest BCUT2D eigenvalue weighted by Crippen LogP contribution is 2.22. The highest BCUT2D eigenvalue weighted by atomic mass is 127. The normalized spacial score (nSPS) is 10.7. The largest absolute Gasteiger partial charge is 0.496 e. The van der Waals surface area contributed by atoms with Crippen molar-refractivity contribution in [3.63, 3.8) is 0 Å². The fraction of sp³-hybridized carbons (Fsp3) is 0.222. The molecule has 0 aliphatic heterocycles. The molecule has 0 saturated heterocycles. The lowest BCUT2D eigenvalue weighted by atomic mass is 10.1. The zero-order valence-corrected chi connectivity index (χ0v) is 16.0. The third-order valence-electron chi connectivity index (χ3n) is 3.34. The number of hydrogen-bond acceptors (Lipinski definition) is 4. The van der Waals surface area contributed by atoms with Gasteiger partial charge in [0.15, 0.2) is 6.61 Å². The smallest absolute Gasteiger partial charge is 0.277 e. The van der Waals surface area contributed by atoms with Crippen LogP contribution in [0.1, 0.15) is 16.7 Å². The minimum atomic E-state index is -0.308. The number of aryl methyl sites for hydroxylation is 2. The van der Waals surface area contributed by atoms with Crippen LogP contribution in [-0.4, -0.2) is 25.8 Å². The predicted molar refractivity (Wildman–Crippen MR) is 103 cm³/mol. The Morgan fingerprint density at radius 1 is 1.25 bits per heavy atom. The fourth-order valence-corrected chi connectivity index (χ4v) is 2.90. The number of nitrogens with one attached hydrogen (secondary N) is 1. The van der Waals surface area contributed by atoms with Crippen LogP contribution < -0.4 is 14.9 Å². The molecule has 2 aromatic rings. The first-order chi connectivity index (χ1) is 11.5. The zero-order chi connectivity index (χ0) is 17.5. The summed E-state index contributed by atoms with van der Waals surface area (Å²) in [5.41, 5.74) is 5.33. The van der Waals surface area contributed by atoms with Gasteiger partial charge in [-0.2, -0.15) is 5.10 Å². The Balaban J connectivity index is 1.88. The molecule has 1 amide bonds. The molecule has 24 heavy (non-hydrogen) atoms. The van der Waals surface area contributed by atoms with Gasteiger partial charge >= 0.3 is 0 Å². The summed E-state index contributed by atoms with van der Waals surface area (Å²) in [5.74, 6) is 1.23. The van der Waals surface area contributed by atoms with Gasteiger partial charge in [-0.05, 0) is 71.3 Å². The maximum atomic E-state index is 11.8. The lowest BCUT2D eigenvalue weighted by molar-refractivity contribution is -0.123. The van der Waals surface area contributed by atoms with E-state index in [-0.39, 0.29) is 12.5 Å². The minimum Gasteiger partial charge on any atom is -0.496 e. The summed E-state index contributed by atoms with van der Waals surface area (Å²) in [7, 11) is 1.63. The predicted octanol–water partition coefficient (Wildman–Crippen LogP) is 3.45. The van der Waals surface area contributed by atoms with Crippen LogP contribution in [0.4, 0.5) is 0 Å². The van der Waals surface area contributed by atoms with Gasteiger partial charge in [0.05, 0.1) is 16.9 Å². The van der Waals surface area contributed by atoms with E-state index in [1.807, 2.05) is 50.2 Å². The molecule has 2 aromatic carbocycles. The molecule has 0 spiro atoms. The van der Waals surface area contributed by atoms with Gasteiger partial charge in [0, 0.05) is 0 Å². The zero-order valence-electron chi connectivity index (χ0n) is 13.8. The summed E-state index contributed by atoms with van der Waals surface area (Å²) in [6.07, 6.45) is 1.58. The van der Waals surface area contributed by atoms with Gasteiger partial charge in [0.2, 0.25) is 0 Å². The molecule has 126 valence electrons. The molecule has 5 nitrogen and oxygen atoms in total. The number of methoxy groups -OCH3 is 1. The van der Waals surface area contributed by atoms with Crippen molar-refractivity contribution in [1.29, 1.82) is 0 Å². The third-order valence-corrected chi connectivity index (χ3v) is 4.18. The number of amides is 1. The minimum absolute atomic E-state index is 0.0802. The van der Waals surface area contributed by atoms with Crippen molar-refractivity contribution in [2.24, 2.45) is 5.10 Å². The summed E-state index contributed by atoms with van der Waals surface area (Å²) in [6, 6.07) is 11.5. The van der Waals surface area contributed by atoms with E-state index in [4.69, 9.17) is 9.47 Å². The van der Waals surface area contributed by atoms with Crippen molar-refractivity contribution in [3.8, 4) is 11.5 Å². The van der Waals surface area contributed by atoms with E-state index in [2.05, 4.69) is 33.1 Å². The van der Waals surface area contributed by atoms with Crippen LogP contribution in [0, 0.1) is 17.4 Å². The van der Waals surface area contributed by atoms with Crippen molar-refractivity contribution in [2.45, 2.75) is 13.8 Å². The van der Waals surface area contributed by atoms with Gasteiger partial charge in [0.1, 0.15) is 11.5 Å². The van der Waals surface area contributed by atoms with Crippen LogP contribution >= 0.6 is 22.6 Å². The second kappa shape index (κ2) is 8.68. The Bertz CT molecular complexity index is 740. The number of hydrazone groups is 1. The number of rotatable bonds is 6. The lowest BCUT2D eigenvalue weighted by Crippen LogP contribution is -2.25. The number of halogens is 1. The molecular weight excluding hydrogens is 419 g/mol. The number of ether oxygens (including phenoxy) is 2. The average Bonchev–Trinajstić information content (AvgIpc) is 2.54. The second-order valence-corrected chi connectivity index (χ2v) is 6.36. The van der Waals surface area contributed by atoms with Crippen LogP contribution in [0.2, 0.25) is 0 Å². The SMILES string of the molecule is COc1ccc(C=NNC(=O)COc2c(C)cccc2C)cc1I. The average molecular weight is 438 g/mol. The first kappa shape index (κ1) is 18.3. The number of carbonyl (C=O) groups is 1. The highest BCUT2D eigenvalue weighted by molar-refractivity contribution is 14.1. The van der Waals surface area contributed by atoms with Crippen molar-refractivity contribution in [3.05, 3.63) is 56.7 Å². The van der Waals surface area contributed by atoms with Crippen LogP contribution in [0.25, 0.3) is 0 Å². The first-order valence-electron chi connectivity index (χ1n) is 7.35. The van der Waals surface area contributed by atoms with Crippen molar-refractivity contribution >= 4 is 34.7 Å². The molecule has 0 heterocycles. The number of benzene rings is 2. The molecule has 0 bridgehead atoms. The van der Waals surface area contributed by atoms with Crippen LogP contribution in [0.5, 0.6) is 11.5 Å². The molecule has 1 N–H and O–H groups in total. The Morgan fingerprint density at radius 3 is 2.58 bits per heavy atom. The molecule has 6 heteroatoms. The monoisotopic (exact) mass is 438 g/mol. The molecule has 0 fully saturated rings. The summed E-state index contributed by atoms with van der Waals surface area (Å²) < 4.78 is 11.8. The van der Waals surface area contributed by atoms with Crippen LogP contribution in [0.15, 0.2) is 41.5 Å². The van der Waals surface area contributed by atoms with Gasteiger partial charge < -0.3 is 9.47 Å². The summed E-state index contributed by atoms with van der Waals surface area (Å²) in [4.78, 5) is 11.8. The molecule has 0 unspecified atom stereocenters. The van der Waals surface area contributed by atoms with E-state index in [1.165, 1.54) is 0 Å². The molecule has 2 rings (SSSR count). The molecule has 0 aromatic heterocycles. The standard InChI is InChI=1S/C18H19IN2O3/c1-12-5-4-6-13(2)18(12)24-11-17(22)21-20-10-14-7-8-16(23-3)15(19)9-14/h4-10H,11H2,1-3H3,(H,21,22). The first-order valence-corrected chi connectivity index (χ1v) is 8.43. The van der Waals surface area contributed by atoms with Crippen molar-refractivity contribution in [2.75, 3.05) is 13.7 Å². The van der Waals surface area contributed by atoms with Gasteiger partial charge in [-0.1, -0.05) is 18.2 Å². The quantitative estimate of drug-likeness (QED) is 0.427. The number of hydrogen-bond donors (Lipinski definition) is 1. The van der Waals surface area contributed by atoms with Crippen LogP contribution in [0.3, 0.4) is 0 Å². The van der Waals surface area contributed by atoms with E-state index in [0.29, 0.717) is 0 Å². The molecule has 0 saturated carbocycles. The van der Waals surface area contributed by atoms with Crippen LogP contribution in [-0.2, 0) is 4.79 Å². The van der Waals surface area contributed by atoms with Crippen molar-refractivity contribution in [1.82, 2.24) is 5.43 Å². The maximum Gasteiger partial charge on any atom is 0.277 e. The second-order valence-electron chi connectivity index (χ2n) is 5.20. The number of para-hydroxylation sites is 1. The molecular formula is C18H19IN2O3. The number of nitrogens with zero attached hydrogens (tertiary/aromatic N) is 1. The molecule has 0 aliphatic rings. The van der Waals surface area contributed by atoms with E-state index in [9.17, 15) is 4.79 Å². The van der Waals surface area contributed by atoms with E-state index < -0.39 is 0 Å². The van der Waals surface area contributed by atoms with Gasteiger partial charge in [-0.3, -0.25) is 4.79 Å². The van der Waals surface area contributed by atoms with Gasteiger partial charge in [0.25, 0.3) is 5.91 Å². The Labute approximate surface area is 155 Å². The molecule has 0 radical (unpaired) electrons. The Kier molecular flexibility index (Phi) is 6.60. The molecule has 0 atom stereocenters. The van der Waals surface area contributed by atoms with Crippen molar-refractivity contribution < 1.29 is 14.3 Å². The van der Waals surface area contributed by atoms with E-state index in [0.717, 1.165) is 31.8 Å². The third kappa shape index (κ3) is 4.95. The Morgan fingerprint density at radius 2 is 1.96 bits per heavy atom. The Hall–Kier alpha value is -2.09. The summed E-state index contributed by atoms with van der Waals surface area (Å²) in [6.45, 7) is 3.82. The lowest BCUT2D eigenvalue weighted by Gasteiger charge is -2.10. The summed E-state index contributed by atoms with van der Waals surface area (Å²) >= 11 is 2.18. The maximum absolute atomic E-state index is 11.8.